The van der Waals surface area contributed by atoms with Gasteiger partial charge in [0, 0.05) is 30.5 Å². The number of amides is 1. The van der Waals surface area contributed by atoms with Gasteiger partial charge in [-0.05, 0) is 25.1 Å². The lowest BCUT2D eigenvalue weighted by Gasteiger charge is -2.19. The molecular formula is C23H24F2N4O8S. The summed E-state index contributed by atoms with van der Waals surface area (Å²) in [5, 5.41) is -0.210. The molecular weight excluding hydrogens is 530 g/mol. The molecule has 0 fully saturated rings. The van der Waals surface area contributed by atoms with E-state index in [0.29, 0.717) is 6.29 Å². The van der Waals surface area contributed by atoms with E-state index in [4.69, 9.17) is 9.47 Å². The maximum Gasteiger partial charge on any atom is 0.508 e. The lowest BCUT2D eigenvalue weighted by atomic mass is 10.2. The number of likely N-dealkylation sites (N-methyl/N-ethyl adjacent to an activating group) is 1. The van der Waals surface area contributed by atoms with E-state index in [1.54, 1.807) is 6.92 Å². The number of alkyl halides is 2. The van der Waals surface area contributed by atoms with Crippen LogP contribution in [0, 0.1) is 0 Å². The third-order valence-corrected chi connectivity index (χ3v) is 6.28. The summed E-state index contributed by atoms with van der Waals surface area (Å²) in [4.78, 5) is 45.7. The van der Waals surface area contributed by atoms with Crippen molar-refractivity contribution in [1.29, 1.82) is 0 Å². The van der Waals surface area contributed by atoms with Gasteiger partial charge in [0.15, 0.2) is 17.8 Å². The van der Waals surface area contributed by atoms with Crippen LogP contribution in [0.5, 0.6) is 11.5 Å². The molecule has 1 amide bonds. The van der Waals surface area contributed by atoms with Crippen molar-refractivity contribution in [2.45, 2.75) is 24.4 Å². The second-order valence-corrected chi connectivity index (χ2v) is 8.83. The number of fused-ring (bicyclic) bond motifs is 1. The third kappa shape index (κ3) is 6.66. The van der Waals surface area contributed by atoms with Gasteiger partial charge in [0.05, 0.1) is 36.9 Å². The SMILES string of the molecule is CCOC(=O)OCCN(C)C(=O)n1c([S+]([O-])Cc2nccc(C=O)c2OC)nc2cc(OC(F)F)ccc21. The van der Waals surface area contributed by atoms with Gasteiger partial charge in [-0.3, -0.25) is 9.78 Å². The molecule has 2 aromatic heterocycles. The Bertz CT molecular complexity index is 1310. The molecule has 3 aromatic rings. The van der Waals surface area contributed by atoms with Crippen LogP contribution < -0.4 is 9.47 Å². The topological polar surface area (TPSA) is 145 Å². The summed E-state index contributed by atoms with van der Waals surface area (Å²) in [5.74, 6) is -0.372. The summed E-state index contributed by atoms with van der Waals surface area (Å²) in [6.07, 6.45) is 1.01. The molecule has 12 nitrogen and oxygen atoms in total. The average molecular weight is 555 g/mol. The van der Waals surface area contributed by atoms with Gasteiger partial charge < -0.3 is 28.4 Å². The number of aldehydes is 1. The Morgan fingerprint density at radius 3 is 2.68 bits per heavy atom. The molecule has 1 atom stereocenters. The molecule has 0 radical (unpaired) electrons. The molecule has 38 heavy (non-hydrogen) atoms. The number of ether oxygens (including phenoxy) is 4. The fraction of sp³-hybridized carbons (Fsp3) is 0.348. The summed E-state index contributed by atoms with van der Waals surface area (Å²) < 4.78 is 59.2. The Morgan fingerprint density at radius 2 is 2.03 bits per heavy atom. The predicted molar refractivity (Wildman–Crippen MR) is 129 cm³/mol. The summed E-state index contributed by atoms with van der Waals surface area (Å²) >= 11 is -2.02. The zero-order chi connectivity index (χ0) is 27.8. The number of pyridine rings is 1. The fourth-order valence-corrected chi connectivity index (χ4v) is 4.54. The first-order valence-corrected chi connectivity index (χ1v) is 12.4. The van der Waals surface area contributed by atoms with Crippen LogP contribution in [0.1, 0.15) is 23.0 Å². The van der Waals surface area contributed by atoms with Gasteiger partial charge in [-0.25, -0.2) is 14.2 Å². The first-order chi connectivity index (χ1) is 18.2. The molecule has 1 unspecified atom stereocenters. The van der Waals surface area contributed by atoms with E-state index in [2.05, 4.69) is 19.4 Å². The Balaban J connectivity index is 1.97. The second kappa shape index (κ2) is 13.0. The number of rotatable bonds is 11. The van der Waals surface area contributed by atoms with Crippen molar-refractivity contribution >= 4 is 40.7 Å². The van der Waals surface area contributed by atoms with Crippen LogP contribution >= 0.6 is 0 Å². The maximum absolute atomic E-state index is 13.5. The van der Waals surface area contributed by atoms with Gasteiger partial charge in [-0.2, -0.15) is 13.8 Å². The molecule has 15 heteroatoms. The number of hydrogen-bond donors (Lipinski definition) is 0. The highest BCUT2D eigenvalue weighted by atomic mass is 32.2. The van der Waals surface area contributed by atoms with Crippen molar-refractivity contribution in [2.75, 3.05) is 33.9 Å². The number of imidazole rings is 1. The van der Waals surface area contributed by atoms with Crippen LogP contribution in [0.4, 0.5) is 18.4 Å². The van der Waals surface area contributed by atoms with E-state index in [0.717, 1.165) is 4.57 Å². The van der Waals surface area contributed by atoms with E-state index in [9.17, 15) is 27.7 Å². The zero-order valence-corrected chi connectivity index (χ0v) is 21.4. The van der Waals surface area contributed by atoms with E-state index in [1.165, 1.54) is 49.5 Å². The monoisotopic (exact) mass is 554 g/mol. The van der Waals surface area contributed by atoms with Crippen LogP contribution in [-0.2, 0) is 26.4 Å². The van der Waals surface area contributed by atoms with Gasteiger partial charge in [-0.15, -0.1) is 0 Å². The van der Waals surface area contributed by atoms with Crippen LogP contribution in [0.15, 0.2) is 35.6 Å². The number of carbonyl (C=O) groups is 3. The third-order valence-electron chi connectivity index (χ3n) is 5.06. The van der Waals surface area contributed by atoms with Crippen LogP contribution in [0.25, 0.3) is 11.0 Å². The minimum absolute atomic E-state index is 0.0489. The minimum Gasteiger partial charge on any atom is -0.609 e. The normalized spacial score (nSPS) is 11.8. The molecule has 0 N–H and O–H groups in total. The van der Waals surface area contributed by atoms with Gasteiger partial charge in [0.2, 0.25) is 0 Å². The zero-order valence-electron chi connectivity index (χ0n) is 20.6. The summed E-state index contributed by atoms with van der Waals surface area (Å²) in [6.45, 7) is -1.58. The first-order valence-electron chi connectivity index (χ1n) is 11.1. The Morgan fingerprint density at radius 1 is 1.26 bits per heavy atom. The Kier molecular flexibility index (Phi) is 9.78. The van der Waals surface area contributed by atoms with Crippen molar-refractivity contribution in [1.82, 2.24) is 19.4 Å². The number of benzene rings is 1. The van der Waals surface area contributed by atoms with E-state index < -0.39 is 30.0 Å². The van der Waals surface area contributed by atoms with Gasteiger partial charge >= 0.3 is 24.0 Å². The highest BCUT2D eigenvalue weighted by molar-refractivity contribution is 7.90. The summed E-state index contributed by atoms with van der Waals surface area (Å²) in [7, 11) is 2.74. The van der Waals surface area contributed by atoms with Crippen molar-refractivity contribution in [3.8, 4) is 11.5 Å². The number of halogens is 2. The lowest BCUT2D eigenvalue weighted by Crippen LogP contribution is -2.35. The van der Waals surface area contributed by atoms with Crippen molar-refractivity contribution in [3.05, 3.63) is 41.7 Å². The molecule has 204 valence electrons. The maximum atomic E-state index is 13.5. The second-order valence-electron chi connectivity index (χ2n) is 7.48. The van der Waals surface area contributed by atoms with E-state index >= 15 is 0 Å². The smallest absolute Gasteiger partial charge is 0.508 e. The van der Waals surface area contributed by atoms with Crippen molar-refractivity contribution < 1.29 is 46.7 Å². The van der Waals surface area contributed by atoms with Crippen LogP contribution in [-0.4, -0.2) is 83.0 Å². The molecule has 0 saturated carbocycles. The number of hydrogen-bond acceptors (Lipinski definition) is 10. The fourth-order valence-electron chi connectivity index (χ4n) is 3.37. The molecule has 0 aliphatic carbocycles. The van der Waals surface area contributed by atoms with Gasteiger partial charge in [0.25, 0.3) is 0 Å². The Labute approximate surface area is 218 Å². The number of nitrogens with zero attached hydrogens (tertiary/aromatic N) is 4. The predicted octanol–water partition coefficient (Wildman–Crippen LogP) is 3.23. The molecule has 0 saturated heterocycles. The van der Waals surface area contributed by atoms with Gasteiger partial charge in [0.1, 0.15) is 18.1 Å². The molecule has 0 aliphatic heterocycles. The molecule has 1 aromatic carbocycles. The molecule has 0 aliphatic rings. The quantitative estimate of drug-likeness (QED) is 0.197. The highest BCUT2D eigenvalue weighted by Crippen LogP contribution is 2.29. The summed E-state index contributed by atoms with van der Waals surface area (Å²) in [6, 6.07) is 4.46. The molecule has 2 heterocycles. The minimum atomic E-state index is -3.08. The van der Waals surface area contributed by atoms with Crippen molar-refractivity contribution in [3.63, 3.8) is 0 Å². The number of methoxy groups -OCH3 is 1. The van der Waals surface area contributed by atoms with Crippen LogP contribution in [0.2, 0.25) is 0 Å². The highest BCUT2D eigenvalue weighted by Gasteiger charge is 2.30. The lowest BCUT2D eigenvalue weighted by molar-refractivity contribution is -0.0497. The Hall–Kier alpha value is -3.98. The van der Waals surface area contributed by atoms with E-state index in [-0.39, 0.29) is 64.5 Å². The van der Waals surface area contributed by atoms with Crippen LogP contribution in [0.3, 0.4) is 0 Å². The van der Waals surface area contributed by atoms with E-state index in [1.807, 2.05) is 0 Å². The van der Waals surface area contributed by atoms with Crippen molar-refractivity contribution in [2.24, 2.45) is 0 Å². The number of aromatic nitrogens is 3. The molecule has 3 rings (SSSR count). The summed E-state index contributed by atoms with van der Waals surface area (Å²) in [5.41, 5.74) is 0.603. The average Bonchev–Trinajstić information content (AvgIpc) is 3.26. The molecule has 0 spiro atoms. The number of carbonyl (C=O) groups excluding carboxylic acids is 3. The van der Waals surface area contributed by atoms with Gasteiger partial charge in [-0.1, -0.05) is 0 Å². The largest absolute Gasteiger partial charge is 0.609 e. The standard InChI is InChI=1S/C23H24F2N4O8S/c1-4-35-23(32)36-10-9-28(2)22(31)29-18-6-5-15(37-20(24)25)11-16(18)27-21(29)38(33)13-17-19(34-3)14(12-30)7-8-26-17/h5-8,11-12,20H,4,9-10,13H2,1-3H3. The first kappa shape index (κ1) is 28.6. The molecule has 0 bridgehead atoms.